The SMILES string of the molecule is Cc1ccc(C(=O)CC2(N)CCCCC2)cc1Cl. The second-order valence-corrected chi connectivity index (χ2v) is 5.89. The summed E-state index contributed by atoms with van der Waals surface area (Å²) in [6, 6.07) is 5.49. The number of aryl methyl sites for hydroxylation is 1. The zero-order chi connectivity index (χ0) is 13.2. The van der Waals surface area contributed by atoms with E-state index < -0.39 is 0 Å². The first-order valence-corrected chi connectivity index (χ1v) is 6.96. The summed E-state index contributed by atoms with van der Waals surface area (Å²) < 4.78 is 0. The summed E-state index contributed by atoms with van der Waals surface area (Å²) in [6.07, 6.45) is 5.86. The highest BCUT2D eigenvalue weighted by Gasteiger charge is 2.30. The molecule has 1 aromatic rings. The van der Waals surface area contributed by atoms with Crippen molar-refractivity contribution in [3.8, 4) is 0 Å². The van der Waals surface area contributed by atoms with Gasteiger partial charge in [0.05, 0.1) is 0 Å². The lowest BCUT2D eigenvalue weighted by atomic mass is 9.78. The normalized spacial score (nSPS) is 18.6. The largest absolute Gasteiger partial charge is 0.325 e. The Bertz CT molecular complexity index is 450. The molecule has 98 valence electrons. The van der Waals surface area contributed by atoms with Crippen LogP contribution in [0.3, 0.4) is 0 Å². The van der Waals surface area contributed by atoms with Crippen LogP contribution in [0.2, 0.25) is 5.02 Å². The second kappa shape index (κ2) is 5.41. The zero-order valence-electron chi connectivity index (χ0n) is 10.8. The molecule has 0 amide bonds. The molecule has 0 unspecified atom stereocenters. The first-order chi connectivity index (χ1) is 8.50. The van der Waals surface area contributed by atoms with Gasteiger partial charge in [0.2, 0.25) is 0 Å². The molecule has 1 saturated carbocycles. The number of benzene rings is 1. The molecule has 2 N–H and O–H groups in total. The van der Waals surface area contributed by atoms with Gasteiger partial charge < -0.3 is 5.73 Å². The average molecular weight is 266 g/mol. The third-order valence-corrected chi connectivity index (χ3v) is 4.26. The van der Waals surface area contributed by atoms with Crippen molar-refractivity contribution in [2.75, 3.05) is 0 Å². The van der Waals surface area contributed by atoms with E-state index in [0.717, 1.165) is 31.2 Å². The minimum absolute atomic E-state index is 0.112. The third kappa shape index (κ3) is 3.12. The molecule has 2 rings (SSSR count). The number of hydrogen-bond acceptors (Lipinski definition) is 2. The van der Waals surface area contributed by atoms with Crippen molar-refractivity contribution in [1.29, 1.82) is 0 Å². The fraction of sp³-hybridized carbons (Fsp3) is 0.533. The Balaban J connectivity index is 2.09. The molecule has 0 heterocycles. The van der Waals surface area contributed by atoms with Crippen LogP contribution < -0.4 is 5.73 Å². The Morgan fingerprint density at radius 1 is 1.33 bits per heavy atom. The Hall–Kier alpha value is -0.860. The number of carbonyl (C=O) groups is 1. The van der Waals surface area contributed by atoms with E-state index in [4.69, 9.17) is 17.3 Å². The van der Waals surface area contributed by atoms with E-state index in [0.29, 0.717) is 17.0 Å². The highest BCUT2D eigenvalue weighted by molar-refractivity contribution is 6.31. The predicted octanol–water partition coefficient (Wildman–Crippen LogP) is 3.88. The maximum absolute atomic E-state index is 12.2. The van der Waals surface area contributed by atoms with Gasteiger partial charge in [-0.05, 0) is 31.4 Å². The first-order valence-electron chi connectivity index (χ1n) is 6.58. The van der Waals surface area contributed by atoms with Crippen molar-refractivity contribution >= 4 is 17.4 Å². The Morgan fingerprint density at radius 2 is 2.00 bits per heavy atom. The van der Waals surface area contributed by atoms with Gasteiger partial charge in [-0.3, -0.25) is 4.79 Å². The van der Waals surface area contributed by atoms with Crippen LogP contribution in [0.4, 0.5) is 0 Å². The number of rotatable bonds is 3. The van der Waals surface area contributed by atoms with Crippen LogP contribution in [-0.2, 0) is 0 Å². The summed E-state index contributed by atoms with van der Waals surface area (Å²) in [5.41, 5.74) is 7.69. The monoisotopic (exact) mass is 265 g/mol. The lowest BCUT2D eigenvalue weighted by Crippen LogP contribution is -2.43. The van der Waals surface area contributed by atoms with Gasteiger partial charge in [-0.15, -0.1) is 0 Å². The van der Waals surface area contributed by atoms with Crippen LogP contribution in [0.15, 0.2) is 18.2 Å². The Morgan fingerprint density at radius 3 is 2.61 bits per heavy atom. The van der Waals surface area contributed by atoms with E-state index in [1.54, 1.807) is 6.07 Å². The lowest BCUT2D eigenvalue weighted by molar-refractivity contribution is 0.0934. The summed E-state index contributed by atoms with van der Waals surface area (Å²) in [5.74, 6) is 0.112. The van der Waals surface area contributed by atoms with Gasteiger partial charge in [0.25, 0.3) is 0 Å². The van der Waals surface area contributed by atoms with Crippen LogP contribution >= 0.6 is 11.6 Å². The van der Waals surface area contributed by atoms with Crippen LogP contribution in [-0.4, -0.2) is 11.3 Å². The molecule has 1 fully saturated rings. The number of hydrogen-bond donors (Lipinski definition) is 1. The maximum Gasteiger partial charge on any atom is 0.164 e. The first kappa shape index (κ1) is 13.6. The molecule has 1 aromatic carbocycles. The van der Waals surface area contributed by atoms with Gasteiger partial charge in [-0.1, -0.05) is 43.0 Å². The maximum atomic E-state index is 12.2. The molecule has 2 nitrogen and oxygen atoms in total. The predicted molar refractivity (Wildman–Crippen MR) is 75.1 cm³/mol. The number of ketones is 1. The third-order valence-electron chi connectivity index (χ3n) is 3.86. The highest BCUT2D eigenvalue weighted by atomic mass is 35.5. The molecule has 18 heavy (non-hydrogen) atoms. The minimum Gasteiger partial charge on any atom is -0.325 e. The molecule has 0 aliphatic heterocycles. The van der Waals surface area contributed by atoms with Gasteiger partial charge >= 0.3 is 0 Å². The fourth-order valence-corrected chi connectivity index (χ4v) is 2.80. The quantitative estimate of drug-likeness (QED) is 0.843. The van der Waals surface area contributed by atoms with Crippen LogP contribution in [0.1, 0.15) is 54.4 Å². The van der Waals surface area contributed by atoms with Gasteiger partial charge in [0, 0.05) is 22.5 Å². The second-order valence-electron chi connectivity index (χ2n) is 5.49. The topological polar surface area (TPSA) is 43.1 Å². The molecule has 3 heteroatoms. The summed E-state index contributed by atoms with van der Waals surface area (Å²) in [7, 11) is 0. The van der Waals surface area contributed by atoms with Crippen molar-refractivity contribution in [1.82, 2.24) is 0 Å². The molecule has 0 aromatic heterocycles. The zero-order valence-corrected chi connectivity index (χ0v) is 11.6. The summed E-state index contributed by atoms with van der Waals surface area (Å²) in [4.78, 5) is 12.2. The van der Waals surface area contributed by atoms with Gasteiger partial charge in [0.1, 0.15) is 0 Å². The van der Waals surface area contributed by atoms with Crippen LogP contribution in [0, 0.1) is 6.92 Å². The Kier molecular flexibility index (Phi) is 4.08. The Labute approximate surface area is 114 Å². The molecular weight excluding hydrogens is 246 g/mol. The molecule has 1 aliphatic rings. The number of Topliss-reactive ketones (excluding diaryl/α,β-unsaturated/α-hetero) is 1. The van der Waals surface area contributed by atoms with Crippen molar-refractivity contribution in [2.24, 2.45) is 5.73 Å². The lowest BCUT2D eigenvalue weighted by Gasteiger charge is -2.32. The smallest absolute Gasteiger partial charge is 0.164 e. The number of carbonyl (C=O) groups excluding carboxylic acids is 1. The van der Waals surface area contributed by atoms with Gasteiger partial charge in [-0.2, -0.15) is 0 Å². The van der Waals surface area contributed by atoms with E-state index >= 15 is 0 Å². The summed E-state index contributed by atoms with van der Waals surface area (Å²) >= 11 is 6.05. The minimum atomic E-state index is -0.299. The van der Waals surface area contributed by atoms with Crippen molar-refractivity contribution < 1.29 is 4.79 Å². The molecule has 0 bridgehead atoms. The van der Waals surface area contributed by atoms with E-state index in [9.17, 15) is 4.79 Å². The van der Waals surface area contributed by atoms with Gasteiger partial charge in [-0.25, -0.2) is 0 Å². The summed E-state index contributed by atoms with van der Waals surface area (Å²) in [5, 5.41) is 0.649. The van der Waals surface area contributed by atoms with E-state index in [-0.39, 0.29) is 11.3 Å². The molecule has 0 atom stereocenters. The molecule has 1 aliphatic carbocycles. The standard InChI is InChI=1S/C15H20ClNO/c1-11-5-6-12(9-13(11)16)14(18)10-15(17)7-3-2-4-8-15/h5-6,9H,2-4,7-8,10,17H2,1H3. The van der Waals surface area contributed by atoms with Crippen molar-refractivity contribution in [3.05, 3.63) is 34.3 Å². The van der Waals surface area contributed by atoms with E-state index in [1.165, 1.54) is 6.42 Å². The highest BCUT2D eigenvalue weighted by Crippen LogP contribution is 2.30. The molecule has 0 radical (unpaired) electrons. The van der Waals surface area contributed by atoms with Crippen LogP contribution in [0.25, 0.3) is 0 Å². The van der Waals surface area contributed by atoms with E-state index in [1.807, 2.05) is 19.1 Å². The van der Waals surface area contributed by atoms with E-state index in [2.05, 4.69) is 0 Å². The van der Waals surface area contributed by atoms with Crippen molar-refractivity contribution in [3.63, 3.8) is 0 Å². The van der Waals surface area contributed by atoms with Gasteiger partial charge in [0.15, 0.2) is 5.78 Å². The summed E-state index contributed by atoms with van der Waals surface area (Å²) in [6.45, 7) is 1.93. The molecule has 0 spiro atoms. The fourth-order valence-electron chi connectivity index (χ4n) is 2.62. The number of halogens is 1. The molecular formula is C15H20ClNO. The van der Waals surface area contributed by atoms with Crippen LogP contribution in [0.5, 0.6) is 0 Å². The van der Waals surface area contributed by atoms with Crippen molar-refractivity contribution in [2.45, 2.75) is 51.0 Å². The molecule has 0 saturated heterocycles. The average Bonchev–Trinajstić information content (AvgIpc) is 2.33. The number of nitrogens with two attached hydrogens (primary N) is 1.